The zero-order valence-corrected chi connectivity index (χ0v) is 11.8. The number of carboxylic acids is 1. The maximum Gasteiger partial charge on any atom is 0.315 e. The van der Waals surface area contributed by atoms with Crippen LogP contribution in [0.3, 0.4) is 0 Å². The number of hydrogen-bond acceptors (Lipinski definition) is 3. The average molecular weight is 274 g/mol. The molecule has 0 aromatic carbocycles. The van der Waals surface area contributed by atoms with Gasteiger partial charge in [0.15, 0.2) is 0 Å². The van der Waals surface area contributed by atoms with Gasteiger partial charge < -0.3 is 15.7 Å². The molecule has 0 aliphatic heterocycles. The van der Waals surface area contributed by atoms with E-state index in [4.69, 9.17) is 5.11 Å². The number of carbonyl (C=O) groups is 2. The molecule has 3 unspecified atom stereocenters. The van der Waals surface area contributed by atoms with Crippen LogP contribution in [0.2, 0.25) is 0 Å². The van der Waals surface area contributed by atoms with Crippen LogP contribution in [-0.4, -0.2) is 41.2 Å². The predicted octanol–water partition coefficient (Wildman–Crippen LogP) is 1.68. The summed E-state index contributed by atoms with van der Waals surface area (Å²) in [6.45, 7) is 2.78. The van der Waals surface area contributed by atoms with Crippen molar-refractivity contribution in [2.45, 2.75) is 43.9 Å². The molecule has 0 aromatic rings. The number of rotatable bonds is 6. The van der Waals surface area contributed by atoms with E-state index in [-0.39, 0.29) is 18.0 Å². The van der Waals surface area contributed by atoms with Crippen molar-refractivity contribution in [3.63, 3.8) is 0 Å². The van der Waals surface area contributed by atoms with Gasteiger partial charge in [-0.05, 0) is 31.9 Å². The van der Waals surface area contributed by atoms with Crippen LogP contribution in [0.5, 0.6) is 0 Å². The van der Waals surface area contributed by atoms with Gasteiger partial charge in [0.2, 0.25) is 0 Å². The zero-order chi connectivity index (χ0) is 13.5. The molecule has 1 aliphatic rings. The van der Waals surface area contributed by atoms with Crippen molar-refractivity contribution in [2.75, 3.05) is 12.8 Å². The number of thioether (sulfide) groups is 1. The van der Waals surface area contributed by atoms with Crippen LogP contribution in [0.25, 0.3) is 0 Å². The van der Waals surface area contributed by atoms with E-state index in [0.29, 0.717) is 24.6 Å². The summed E-state index contributed by atoms with van der Waals surface area (Å²) in [6.07, 6.45) is 4.95. The van der Waals surface area contributed by atoms with E-state index in [2.05, 4.69) is 23.8 Å². The smallest absolute Gasteiger partial charge is 0.315 e. The molecule has 1 aliphatic carbocycles. The van der Waals surface area contributed by atoms with Gasteiger partial charge in [-0.3, -0.25) is 4.79 Å². The average Bonchev–Trinajstić information content (AvgIpc) is 2.77. The summed E-state index contributed by atoms with van der Waals surface area (Å²) >= 11 is 1.78. The molecule has 3 atom stereocenters. The normalized spacial score (nSPS) is 24.6. The van der Waals surface area contributed by atoms with Gasteiger partial charge in [0.25, 0.3) is 0 Å². The van der Waals surface area contributed by atoms with Gasteiger partial charge in [-0.2, -0.15) is 11.8 Å². The molecule has 0 bridgehead atoms. The number of nitrogens with one attached hydrogen (secondary N) is 2. The molecule has 3 N–H and O–H groups in total. The van der Waals surface area contributed by atoms with Crippen LogP contribution < -0.4 is 10.6 Å². The topological polar surface area (TPSA) is 78.4 Å². The first-order valence-electron chi connectivity index (χ1n) is 6.33. The molecule has 1 rings (SSSR count). The maximum atomic E-state index is 11.6. The van der Waals surface area contributed by atoms with Crippen molar-refractivity contribution in [1.29, 1.82) is 0 Å². The summed E-state index contributed by atoms with van der Waals surface area (Å²) < 4.78 is 0. The van der Waals surface area contributed by atoms with Gasteiger partial charge in [0.1, 0.15) is 0 Å². The Morgan fingerprint density at radius 3 is 2.72 bits per heavy atom. The molecule has 0 saturated heterocycles. The minimum Gasteiger partial charge on any atom is -0.481 e. The molecule has 1 fully saturated rings. The second-order valence-electron chi connectivity index (χ2n) is 4.78. The Morgan fingerprint density at radius 2 is 2.17 bits per heavy atom. The highest BCUT2D eigenvalue weighted by molar-refractivity contribution is 7.99. The van der Waals surface area contributed by atoms with Crippen molar-refractivity contribution in [3.8, 4) is 0 Å². The van der Waals surface area contributed by atoms with Crippen molar-refractivity contribution in [2.24, 2.45) is 5.92 Å². The Kier molecular flexibility index (Phi) is 6.32. The Balaban J connectivity index is 2.15. The molecule has 0 heterocycles. The SMILES string of the molecule is CSC(C)CCNC(=O)NC1CCC(C(=O)O)C1. The number of aliphatic carboxylic acids is 1. The Labute approximate surface area is 112 Å². The Hall–Kier alpha value is -0.910. The van der Waals surface area contributed by atoms with E-state index in [1.165, 1.54) is 0 Å². The lowest BCUT2D eigenvalue weighted by molar-refractivity contribution is -0.141. The standard InChI is InChI=1S/C12H22N2O3S/c1-8(18-2)5-6-13-12(17)14-10-4-3-9(7-10)11(15)16/h8-10H,3-7H2,1-2H3,(H,15,16)(H2,13,14,17). The number of carboxylic acid groups (broad SMARTS) is 1. The van der Waals surface area contributed by atoms with Crippen LogP contribution in [-0.2, 0) is 4.79 Å². The number of hydrogen-bond donors (Lipinski definition) is 3. The highest BCUT2D eigenvalue weighted by Gasteiger charge is 2.30. The second kappa shape index (κ2) is 7.51. The maximum absolute atomic E-state index is 11.6. The van der Waals surface area contributed by atoms with E-state index in [0.717, 1.165) is 12.8 Å². The fourth-order valence-electron chi connectivity index (χ4n) is 2.08. The highest BCUT2D eigenvalue weighted by atomic mass is 32.2. The lowest BCUT2D eigenvalue weighted by Crippen LogP contribution is -2.41. The molecule has 1 saturated carbocycles. The largest absolute Gasteiger partial charge is 0.481 e. The molecule has 5 nitrogen and oxygen atoms in total. The van der Waals surface area contributed by atoms with Gasteiger partial charge in [-0.1, -0.05) is 6.92 Å². The zero-order valence-electron chi connectivity index (χ0n) is 10.9. The van der Waals surface area contributed by atoms with Crippen LogP contribution in [0.1, 0.15) is 32.6 Å². The van der Waals surface area contributed by atoms with E-state index in [9.17, 15) is 9.59 Å². The number of carbonyl (C=O) groups excluding carboxylic acids is 1. The first-order chi connectivity index (χ1) is 8.52. The first-order valence-corrected chi connectivity index (χ1v) is 7.61. The van der Waals surface area contributed by atoms with Crippen molar-refractivity contribution in [1.82, 2.24) is 10.6 Å². The van der Waals surface area contributed by atoms with Gasteiger partial charge in [0.05, 0.1) is 5.92 Å². The summed E-state index contributed by atoms with van der Waals surface area (Å²) in [5.41, 5.74) is 0. The van der Waals surface area contributed by atoms with Gasteiger partial charge in [-0.15, -0.1) is 0 Å². The van der Waals surface area contributed by atoms with Gasteiger partial charge in [-0.25, -0.2) is 4.79 Å². The summed E-state index contributed by atoms with van der Waals surface area (Å²) in [7, 11) is 0. The van der Waals surface area contributed by atoms with Crippen LogP contribution >= 0.6 is 11.8 Å². The molecular formula is C12H22N2O3S. The first kappa shape index (κ1) is 15.1. The summed E-state index contributed by atoms with van der Waals surface area (Å²) in [6, 6.07) is -0.177. The third-order valence-corrected chi connectivity index (χ3v) is 4.40. The highest BCUT2D eigenvalue weighted by Crippen LogP contribution is 2.25. The minimum atomic E-state index is -0.756. The molecular weight excluding hydrogens is 252 g/mol. The predicted molar refractivity (Wildman–Crippen MR) is 72.9 cm³/mol. The molecule has 0 spiro atoms. The summed E-state index contributed by atoms with van der Waals surface area (Å²) in [4.78, 5) is 22.4. The van der Waals surface area contributed by atoms with Crippen LogP contribution in [0.4, 0.5) is 4.79 Å². The van der Waals surface area contributed by atoms with Crippen molar-refractivity contribution >= 4 is 23.8 Å². The lowest BCUT2D eigenvalue weighted by atomic mass is 10.1. The second-order valence-corrected chi connectivity index (χ2v) is 6.06. The third-order valence-electron chi connectivity index (χ3n) is 3.36. The van der Waals surface area contributed by atoms with Gasteiger partial charge >= 0.3 is 12.0 Å². The number of urea groups is 1. The fraction of sp³-hybridized carbons (Fsp3) is 0.833. The fourth-order valence-corrected chi connectivity index (χ4v) is 2.43. The summed E-state index contributed by atoms with van der Waals surface area (Å²) in [5.74, 6) is -1.06. The van der Waals surface area contributed by atoms with E-state index < -0.39 is 5.97 Å². The number of amides is 2. The molecule has 18 heavy (non-hydrogen) atoms. The molecule has 0 radical (unpaired) electrons. The van der Waals surface area contributed by atoms with Crippen molar-refractivity contribution < 1.29 is 14.7 Å². The Morgan fingerprint density at radius 1 is 1.44 bits per heavy atom. The van der Waals surface area contributed by atoms with Crippen LogP contribution in [0.15, 0.2) is 0 Å². The lowest BCUT2D eigenvalue weighted by Gasteiger charge is -2.14. The van der Waals surface area contributed by atoms with Gasteiger partial charge in [0, 0.05) is 17.8 Å². The van der Waals surface area contributed by atoms with E-state index in [1.54, 1.807) is 11.8 Å². The van der Waals surface area contributed by atoms with Crippen LogP contribution in [0, 0.1) is 5.92 Å². The third kappa shape index (κ3) is 5.16. The van der Waals surface area contributed by atoms with E-state index >= 15 is 0 Å². The monoisotopic (exact) mass is 274 g/mol. The summed E-state index contributed by atoms with van der Waals surface area (Å²) in [5, 5.41) is 15.0. The molecule has 0 aromatic heterocycles. The Bertz CT molecular complexity index is 299. The minimum absolute atomic E-state index is 0.00377. The molecule has 104 valence electrons. The molecule has 6 heteroatoms. The van der Waals surface area contributed by atoms with Crippen molar-refractivity contribution in [3.05, 3.63) is 0 Å². The quantitative estimate of drug-likeness (QED) is 0.688. The molecule has 2 amide bonds. The van der Waals surface area contributed by atoms with E-state index in [1.807, 2.05) is 0 Å².